The lowest BCUT2D eigenvalue weighted by atomic mass is 9.82. The number of halogens is 3. The van der Waals surface area contributed by atoms with Crippen molar-refractivity contribution in [1.29, 1.82) is 0 Å². The molecule has 1 N–H and O–H groups in total. The van der Waals surface area contributed by atoms with Crippen LogP contribution >= 0.6 is 0 Å². The first-order chi connectivity index (χ1) is 13.7. The fraction of sp³-hybridized carbons (Fsp3) is 0.636. The van der Waals surface area contributed by atoms with Gasteiger partial charge in [-0.2, -0.15) is 13.2 Å². The number of hydrogen-bond donors (Lipinski definition) is 1. The van der Waals surface area contributed by atoms with Crippen molar-refractivity contribution in [2.24, 2.45) is 17.8 Å². The van der Waals surface area contributed by atoms with Crippen LogP contribution in [-0.4, -0.2) is 30.9 Å². The first-order valence-corrected chi connectivity index (χ1v) is 10.3. The summed E-state index contributed by atoms with van der Waals surface area (Å²) in [4.78, 5) is 24.4. The van der Waals surface area contributed by atoms with Crippen LogP contribution in [0, 0.1) is 17.8 Å². The summed E-state index contributed by atoms with van der Waals surface area (Å²) in [5.74, 6) is 0.899. The zero-order chi connectivity index (χ0) is 21.0. The van der Waals surface area contributed by atoms with Gasteiger partial charge in [0.25, 0.3) is 5.91 Å². The quantitative estimate of drug-likeness (QED) is 0.743. The highest BCUT2D eigenvalue weighted by atomic mass is 19.4. The highest BCUT2D eigenvalue weighted by Crippen LogP contribution is 2.41. The van der Waals surface area contributed by atoms with Crippen molar-refractivity contribution in [2.45, 2.75) is 57.7 Å². The van der Waals surface area contributed by atoms with Gasteiger partial charge in [0.05, 0.1) is 18.2 Å². The van der Waals surface area contributed by atoms with Crippen molar-refractivity contribution < 1.29 is 27.5 Å². The predicted octanol–water partition coefficient (Wildman–Crippen LogP) is 4.63. The van der Waals surface area contributed by atoms with E-state index < -0.39 is 17.6 Å². The summed E-state index contributed by atoms with van der Waals surface area (Å²) < 4.78 is 43.9. The maximum Gasteiger partial charge on any atom is 0.416 e. The Labute approximate surface area is 169 Å². The lowest BCUT2D eigenvalue weighted by Gasteiger charge is -2.31. The highest BCUT2D eigenvalue weighted by molar-refractivity contribution is 5.96. The monoisotopic (exact) mass is 411 g/mol. The standard InChI is InChI=1S/C22H28F3NO3/c1-14-9-17(7-8-29-14)16-6-5-15(10-16)11-20(27)13-26-21(28)18-3-2-4-19(12-18)22(23,24)25/h2-4,12,14-17H,5-11,13H2,1H3,(H,26,28). The molecule has 29 heavy (non-hydrogen) atoms. The number of alkyl halides is 3. The Hall–Kier alpha value is -1.89. The van der Waals surface area contributed by atoms with E-state index in [1.54, 1.807) is 0 Å². The number of ketones is 1. The molecular weight excluding hydrogens is 383 g/mol. The third-order valence-corrected chi connectivity index (χ3v) is 6.19. The van der Waals surface area contributed by atoms with E-state index in [1.807, 2.05) is 0 Å². The van der Waals surface area contributed by atoms with Crippen molar-refractivity contribution in [3.05, 3.63) is 35.4 Å². The first kappa shape index (κ1) is 21.8. The molecule has 4 atom stereocenters. The van der Waals surface area contributed by atoms with Gasteiger partial charge in [-0.1, -0.05) is 6.07 Å². The maximum atomic E-state index is 12.8. The number of carbonyl (C=O) groups excluding carboxylic acids is 2. The molecule has 4 unspecified atom stereocenters. The van der Waals surface area contributed by atoms with E-state index in [0.717, 1.165) is 50.8 Å². The van der Waals surface area contributed by atoms with Crippen molar-refractivity contribution in [1.82, 2.24) is 5.32 Å². The predicted molar refractivity (Wildman–Crippen MR) is 102 cm³/mol. The third kappa shape index (κ3) is 6.04. The van der Waals surface area contributed by atoms with Gasteiger partial charge in [0.1, 0.15) is 0 Å². The minimum atomic E-state index is -4.51. The van der Waals surface area contributed by atoms with Crippen LogP contribution in [-0.2, 0) is 15.7 Å². The van der Waals surface area contributed by atoms with E-state index in [4.69, 9.17) is 4.74 Å². The summed E-state index contributed by atoms with van der Waals surface area (Å²) in [5, 5.41) is 2.46. The van der Waals surface area contributed by atoms with Gasteiger partial charge in [0.15, 0.2) is 5.78 Å². The van der Waals surface area contributed by atoms with Crippen molar-refractivity contribution in [3.8, 4) is 0 Å². The van der Waals surface area contributed by atoms with Gasteiger partial charge < -0.3 is 10.1 Å². The Bertz CT molecular complexity index is 734. The molecule has 1 saturated carbocycles. The Morgan fingerprint density at radius 3 is 2.62 bits per heavy atom. The lowest BCUT2D eigenvalue weighted by Crippen LogP contribution is -2.30. The number of ether oxygens (including phenoxy) is 1. The lowest BCUT2D eigenvalue weighted by molar-refractivity contribution is -0.137. The summed E-state index contributed by atoms with van der Waals surface area (Å²) in [5.41, 5.74) is -0.974. The Kier molecular flexibility index (Phi) is 6.98. The second-order valence-corrected chi connectivity index (χ2v) is 8.41. The molecule has 160 valence electrons. The number of nitrogens with one attached hydrogen (secondary N) is 1. The molecule has 1 aliphatic carbocycles. The zero-order valence-electron chi connectivity index (χ0n) is 16.6. The highest BCUT2D eigenvalue weighted by Gasteiger charge is 2.34. The Balaban J connectivity index is 1.44. The number of Topliss-reactive ketones (excluding diaryl/α,β-unsaturated/α-hetero) is 1. The molecule has 2 aliphatic rings. The van der Waals surface area contributed by atoms with Crippen molar-refractivity contribution in [3.63, 3.8) is 0 Å². The summed E-state index contributed by atoms with van der Waals surface area (Å²) in [6.45, 7) is 2.77. The molecule has 0 aromatic heterocycles. The van der Waals surface area contributed by atoms with Crippen molar-refractivity contribution >= 4 is 11.7 Å². The average Bonchev–Trinajstić information content (AvgIpc) is 3.14. The molecule has 1 saturated heterocycles. The van der Waals surface area contributed by atoms with E-state index in [-0.39, 0.29) is 17.9 Å². The minimum absolute atomic E-state index is 0.0729. The third-order valence-electron chi connectivity index (χ3n) is 6.19. The van der Waals surface area contributed by atoms with Crippen LogP contribution in [0.15, 0.2) is 24.3 Å². The molecule has 0 bridgehead atoms. The molecular formula is C22H28F3NO3. The molecule has 1 heterocycles. The van der Waals surface area contributed by atoms with E-state index in [1.165, 1.54) is 12.1 Å². The maximum absolute atomic E-state index is 12.8. The van der Waals surface area contributed by atoms with Crippen LogP contribution in [0.3, 0.4) is 0 Å². The van der Waals surface area contributed by atoms with Gasteiger partial charge in [0, 0.05) is 18.6 Å². The number of hydrogen-bond acceptors (Lipinski definition) is 3. The topological polar surface area (TPSA) is 55.4 Å². The van der Waals surface area contributed by atoms with E-state index >= 15 is 0 Å². The van der Waals surface area contributed by atoms with Crippen molar-refractivity contribution in [2.75, 3.05) is 13.2 Å². The van der Waals surface area contributed by atoms with Gasteiger partial charge in [-0.25, -0.2) is 0 Å². The van der Waals surface area contributed by atoms with Gasteiger partial charge in [-0.3, -0.25) is 9.59 Å². The SMILES string of the molecule is CC1CC(C2CCC(CC(=O)CNC(=O)c3cccc(C(F)(F)F)c3)C2)CCO1. The molecule has 1 aromatic rings. The molecule has 0 spiro atoms. The number of carbonyl (C=O) groups is 2. The molecule has 1 amide bonds. The average molecular weight is 411 g/mol. The van der Waals surface area contributed by atoms with Crippen LogP contribution in [0.1, 0.15) is 61.4 Å². The second kappa shape index (κ2) is 9.28. The second-order valence-electron chi connectivity index (χ2n) is 8.41. The molecule has 2 fully saturated rings. The number of benzene rings is 1. The molecule has 1 aliphatic heterocycles. The number of rotatable bonds is 6. The van der Waals surface area contributed by atoms with Gasteiger partial charge in [0.2, 0.25) is 0 Å². The Morgan fingerprint density at radius 2 is 1.90 bits per heavy atom. The van der Waals surface area contributed by atoms with E-state index in [0.29, 0.717) is 30.3 Å². The molecule has 7 heteroatoms. The molecule has 1 aromatic carbocycles. The van der Waals surface area contributed by atoms with Crippen LogP contribution < -0.4 is 5.32 Å². The number of amides is 1. The Morgan fingerprint density at radius 1 is 1.14 bits per heavy atom. The molecule has 3 rings (SSSR count). The van der Waals surface area contributed by atoms with Crippen LogP contribution in [0.4, 0.5) is 13.2 Å². The zero-order valence-corrected chi connectivity index (χ0v) is 16.6. The normalized spacial score (nSPS) is 27.6. The molecule has 4 nitrogen and oxygen atoms in total. The van der Waals surface area contributed by atoms with Gasteiger partial charge in [-0.05, 0) is 75.0 Å². The smallest absolute Gasteiger partial charge is 0.378 e. The van der Waals surface area contributed by atoms with E-state index in [2.05, 4.69) is 12.2 Å². The van der Waals surface area contributed by atoms with Gasteiger partial charge >= 0.3 is 6.18 Å². The summed E-state index contributed by atoms with van der Waals surface area (Å²) in [6.07, 6.45) is 1.56. The fourth-order valence-corrected chi connectivity index (χ4v) is 4.70. The van der Waals surface area contributed by atoms with Crippen LogP contribution in [0.2, 0.25) is 0 Å². The first-order valence-electron chi connectivity index (χ1n) is 10.3. The minimum Gasteiger partial charge on any atom is -0.378 e. The summed E-state index contributed by atoms with van der Waals surface area (Å²) in [7, 11) is 0. The largest absolute Gasteiger partial charge is 0.416 e. The van der Waals surface area contributed by atoms with Crippen LogP contribution in [0.5, 0.6) is 0 Å². The molecule has 0 radical (unpaired) electrons. The van der Waals surface area contributed by atoms with E-state index in [9.17, 15) is 22.8 Å². The fourth-order valence-electron chi connectivity index (χ4n) is 4.70. The van der Waals surface area contributed by atoms with Gasteiger partial charge in [-0.15, -0.1) is 0 Å². The van der Waals surface area contributed by atoms with Crippen LogP contribution in [0.25, 0.3) is 0 Å². The summed E-state index contributed by atoms with van der Waals surface area (Å²) in [6, 6.07) is 4.22. The summed E-state index contributed by atoms with van der Waals surface area (Å²) >= 11 is 0.